The van der Waals surface area contributed by atoms with Crippen LogP contribution in [-0.4, -0.2) is 52.5 Å². The van der Waals surface area contributed by atoms with E-state index in [1.165, 1.54) is 25.3 Å². The normalized spacial score (nSPS) is 17.0. The summed E-state index contributed by atoms with van der Waals surface area (Å²) in [7, 11) is 1.21. The molecule has 1 aliphatic heterocycles. The van der Waals surface area contributed by atoms with Crippen molar-refractivity contribution in [3.63, 3.8) is 0 Å². The van der Waals surface area contributed by atoms with Gasteiger partial charge < -0.3 is 9.47 Å². The molecule has 0 unspecified atom stereocenters. The number of methoxy groups -OCH3 is 1. The van der Waals surface area contributed by atoms with Crippen LogP contribution in [0.4, 0.5) is 11.4 Å². The number of nitrogens with zero attached hydrogens (tertiary/aromatic N) is 3. The number of hydrogen-bond donors (Lipinski definition) is 4. The van der Waals surface area contributed by atoms with Crippen molar-refractivity contribution in [2.45, 2.75) is 6.04 Å². The molecule has 0 saturated carbocycles. The summed E-state index contributed by atoms with van der Waals surface area (Å²) >= 11 is 0. The number of aliphatic imine (C=N–C) groups is 1. The second kappa shape index (κ2) is 5.93. The monoisotopic (exact) mass is 299 g/mol. The molecule has 1 heterocycles. The van der Waals surface area contributed by atoms with Crippen molar-refractivity contribution >= 4 is 23.2 Å². The van der Waals surface area contributed by atoms with Gasteiger partial charge in [0.25, 0.3) is 0 Å². The van der Waals surface area contributed by atoms with Gasteiger partial charge in [-0.25, -0.2) is 9.79 Å². The minimum absolute atomic E-state index is 0.0528. The van der Waals surface area contributed by atoms with Gasteiger partial charge in [-0.15, -0.1) is 10.5 Å². The Morgan fingerprint density at radius 3 is 2.62 bits per heavy atom. The smallest absolute Gasteiger partial charge is 0.334 e. The molecule has 0 amide bonds. The van der Waals surface area contributed by atoms with Crippen molar-refractivity contribution in [2.24, 2.45) is 4.99 Å². The van der Waals surface area contributed by atoms with Crippen molar-refractivity contribution in [2.75, 3.05) is 24.2 Å². The van der Waals surface area contributed by atoms with E-state index >= 15 is 0 Å². The number of anilines is 2. The maximum absolute atomic E-state index is 11.4. The number of hydrogen-bond acceptors (Lipinski definition) is 10. The fourth-order valence-corrected chi connectivity index (χ4v) is 1.77. The van der Waals surface area contributed by atoms with Crippen molar-refractivity contribution in [1.29, 1.82) is 0 Å². The molecule has 1 aromatic rings. The Kier molecular flexibility index (Phi) is 4.23. The summed E-state index contributed by atoms with van der Waals surface area (Å²) in [4.78, 5) is 15.3. The molecule has 10 heteroatoms. The fraction of sp³-hybridized carbons (Fsp3) is 0.273. The number of ether oxygens (including phenoxy) is 2. The van der Waals surface area contributed by atoms with E-state index in [1.54, 1.807) is 0 Å². The fourth-order valence-electron chi connectivity index (χ4n) is 1.77. The summed E-state index contributed by atoms with van der Waals surface area (Å²) in [6, 6.07) is 2.73. The third kappa shape index (κ3) is 3.03. The molecule has 0 radical (unpaired) electrons. The van der Waals surface area contributed by atoms with Crippen LogP contribution < -0.4 is 10.5 Å². The maximum atomic E-state index is 11.4. The first-order valence-corrected chi connectivity index (χ1v) is 5.72. The molecule has 1 aromatic carbocycles. The van der Waals surface area contributed by atoms with Crippen LogP contribution in [0.15, 0.2) is 23.2 Å². The Balaban J connectivity index is 2.42. The number of carbonyl (C=O) groups excluding carboxylic acids is 1. The SMILES string of the molecule is COC(=O)[C@@H]1COC(c2cc(N(O)O)ccc2N(O)O)=N1. The molecule has 0 aliphatic carbocycles. The predicted molar refractivity (Wildman–Crippen MR) is 66.8 cm³/mol. The Hall–Kier alpha value is -2.40. The number of benzene rings is 1. The van der Waals surface area contributed by atoms with E-state index in [0.717, 1.165) is 0 Å². The van der Waals surface area contributed by atoms with Gasteiger partial charge in [0.1, 0.15) is 12.3 Å². The first kappa shape index (κ1) is 15.0. The van der Waals surface area contributed by atoms with Crippen LogP contribution >= 0.6 is 0 Å². The Morgan fingerprint density at radius 2 is 2.05 bits per heavy atom. The average Bonchev–Trinajstić information content (AvgIpc) is 2.95. The quantitative estimate of drug-likeness (QED) is 0.453. The van der Waals surface area contributed by atoms with Crippen LogP contribution in [0.25, 0.3) is 0 Å². The third-order valence-electron chi connectivity index (χ3n) is 2.78. The van der Waals surface area contributed by atoms with Crippen molar-refractivity contribution < 1.29 is 35.1 Å². The van der Waals surface area contributed by atoms with Gasteiger partial charge in [0.05, 0.1) is 18.4 Å². The van der Waals surface area contributed by atoms with E-state index in [0.29, 0.717) is 0 Å². The van der Waals surface area contributed by atoms with Crippen LogP contribution in [0.1, 0.15) is 5.56 Å². The number of esters is 1. The minimum atomic E-state index is -0.869. The van der Waals surface area contributed by atoms with E-state index in [1.807, 2.05) is 0 Å². The summed E-state index contributed by atoms with van der Waals surface area (Å²) in [5.74, 6) is -0.657. The second-order valence-corrected chi connectivity index (χ2v) is 4.06. The molecular weight excluding hydrogens is 286 g/mol. The van der Waals surface area contributed by atoms with Gasteiger partial charge >= 0.3 is 5.97 Å². The average molecular weight is 299 g/mol. The highest BCUT2D eigenvalue weighted by Crippen LogP contribution is 2.27. The molecule has 0 saturated heterocycles. The molecule has 0 bridgehead atoms. The van der Waals surface area contributed by atoms with Gasteiger partial charge in [-0.05, 0) is 18.2 Å². The highest BCUT2D eigenvalue weighted by Gasteiger charge is 2.29. The van der Waals surface area contributed by atoms with Crippen LogP contribution in [0.3, 0.4) is 0 Å². The predicted octanol–water partition coefficient (Wildman–Crippen LogP) is 0.175. The topological polar surface area (TPSA) is 135 Å². The molecule has 114 valence electrons. The van der Waals surface area contributed by atoms with Gasteiger partial charge in [0.15, 0.2) is 6.04 Å². The van der Waals surface area contributed by atoms with E-state index < -0.39 is 12.0 Å². The summed E-state index contributed by atoms with van der Waals surface area (Å²) in [5.41, 5.74) is -0.134. The lowest BCUT2D eigenvalue weighted by Gasteiger charge is -2.16. The van der Waals surface area contributed by atoms with Crippen LogP contribution in [0.5, 0.6) is 0 Å². The zero-order valence-corrected chi connectivity index (χ0v) is 10.9. The van der Waals surface area contributed by atoms with E-state index in [9.17, 15) is 4.79 Å². The van der Waals surface area contributed by atoms with Gasteiger partial charge in [0.2, 0.25) is 5.90 Å². The molecular formula is C11H13N3O7. The molecule has 1 atom stereocenters. The maximum Gasteiger partial charge on any atom is 0.334 e. The Bertz CT molecular complexity index is 573. The van der Waals surface area contributed by atoms with Gasteiger partial charge in [-0.2, -0.15) is 0 Å². The van der Waals surface area contributed by atoms with Gasteiger partial charge in [0, 0.05) is 0 Å². The highest BCUT2D eigenvalue weighted by molar-refractivity contribution is 6.02. The lowest BCUT2D eigenvalue weighted by Crippen LogP contribution is -2.21. The Labute approximate surface area is 118 Å². The molecule has 0 fully saturated rings. The van der Waals surface area contributed by atoms with Crippen molar-refractivity contribution in [3.05, 3.63) is 23.8 Å². The van der Waals surface area contributed by atoms with E-state index in [2.05, 4.69) is 9.73 Å². The largest absolute Gasteiger partial charge is 0.474 e. The number of rotatable bonds is 4. The zero-order chi connectivity index (χ0) is 15.6. The standard InChI is InChI=1S/C11H13N3O7/c1-20-11(15)8-5-21-10(12-8)7-4-6(13(16)17)2-3-9(7)14(18)19/h2-4,8,16-19H,5H2,1H3/t8-/m0/s1. The summed E-state index contributed by atoms with van der Waals surface area (Å²) in [6.07, 6.45) is 0. The lowest BCUT2D eigenvalue weighted by molar-refractivity contribution is -0.142. The second-order valence-electron chi connectivity index (χ2n) is 4.06. The molecule has 21 heavy (non-hydrogen) atoms. The van der Waals surface area contributed by atoms with Crippen molar-refractivity contribution in [3.8, 4) is 0 Å². The van der Waals surface area contributed by atoms with E-state index in [4.69, 9.17) is 25.6 Å². The van der Waals surface area contributed by atoms with Crippen LogP contribution in [-0.2, 0) is 14.3 Å². The summed E-state index contributed by atoms with van der Waals surface area (Å²) in [6.45, 7) is -0.0650. The lowest BCUT2D eigenvalue weighted by atomic mass is 10.1. The molecule has 1 aliphatic rings. The molecule has 0 spiro atoms. The van der Waals surface area contributed by atoms with E-state index in [-0.39, 0.29) is 39.9 Å². The molecule has 10 nitrogen and oxygen atoms in total. The summed E-state index contributed by atoms with van der Waals surface area (Å²) < 4.78 is 9.75. The van der Waals surface area contributed by atoms with Crippen molar-refractivity contribution in [1.82, 2.24) is 0 Å². The van der Waals surface area contributed by atoms with Crippen LogP contribution in [0, 0.1) is 0 Å². The highest BCUT2D eigenvalue weighted by atomic mass is 16.8. The zero-order valence-electron chi connectivity index (χ0n) is 10.9. The Morgan fingerprint density at radius 1 is 1.33 bits per heavy atom. The number of carbonyl (C=O) groups is 1. The minimum Gasteiger partial charge on any atom is -0.474 e. The first-order chi connectivity index (χ1) is 9.93. The molecule has 2 rings (SSSR count). The van der Waals surface area contributed by atoms with Gasteiger partial charge in [-0.3, -0.25) is 20.8 Å². The van der Waals surface area contributed by atoms with Crippen LogP contribution in [0.2, 0.25) is 0 Å². The molecule has 4 N–H and O–H groups in total. The molecule has 0 aromatic heterocycles. The first-order valence-electron chi connectivity index (χ1n) is 5.72. The third-order valence-corrected chi connectivity index (χ3v) is 2.78. The summed E-state index contributed by atoms with van der Waals surface area (Å²) in [5, 5.41) is 36.0. The van der Waals surface area contributed by atoms with Gasteiger partial charge in [-0.1, -0.05) is 0 Å².